The molecule has 2 atom stereocenters. The van der Waals surface area contributed by atoms with Crippen molar-refractivity contribution in [3.8, 4) is 0 Å². The third kappa shape index (κ3) is 8.89. The molecule has 9 heteroatoms. The zero-order chi connectivity index (χ0) is 24.4. The molecule has 3 N–H and O–H groups in total. The van der Waals surface area contributed by atoms with Crippen LogP contribution in [0.1, 0.15) is 25.0 Å². The van der Waals surface area contributed by atoms with E-state index in [4.69, 9.17) is 4.74 Å². The standard InChI is InChI=1S/C24H29FN2O6/c1-16(2)13-27(14-21(28)23(31)33-15-17-7-4-3-5-8-17)24(32)26-20(22(29)30)12-18-9-6-10-19(25)11-18/h3-11,16,20-21,28H,12-15H2,1-2H3,(H,26,32)(H,29,30)/t20-,21-/m0/s1. The van der Waals surface area contributed by atoms with Crippen LogP contribution in [0.15, 0.2) is 54.6 Å². The molecular weight excluding hydrogens is 431 g/mol. The average Bonchev–Trinajstić information content (AvgIpc) is 2.76. The molecule has 2 rings (SSSR count). The molecule has 2 amide bonds. The molecule has 0 saturated carbocycles. The zero-order valence-electron chi connectivity index (χ0n) is 18.6. The van der Waals surface area contributed by atoms with Crippen LogP contribution in [0.5, 0.6) is 0 Å². The van der Waals surface area contributed by atoms with Crippen LogP contribution in [0.2, 0.25) is 0 Å². The summed E-state index contributed by atoms with van der Waals surface area (Å²) >= 11 is 0. The monoisotopic (exact) mass is 460 g/mol. The van der Waals surface area contributed by atoms with E-state index in [1.807, 2.05) is 19.9 Å². The van der Waals surface area contributed by atoms with Crippen LogP contribution in [0.3, 0.4) is 0 Å². The van der Waals surface area contributed by atoms with Crippen molar-refractivity contribution < 1.29 is 33.7 Å². The third-order valence-corrected chi connectivity index (χ3v) is 4.69. The Bertz CT molecular complexity index is 938. The zero-order valence-corrected chi connectivity index (χ0v) is 18.6. The Kier molecular flexibility index (Phi) is 9.81. The lowest BCUT2D eigenvalue weighted by Gasteiger charge is -2.28. The highest BCUT2D eigenvalue weighted by atomic mass is 19.1. The smallest absolute Gasteiger partial charge is 0.337 e. The number of benzene rings is 2. The van der Waals surface area contributed by atoms with Gasteiger partial charge < -0.3 is 25.2 Å². The number of nitrogens with one attached hydrogen (secondary N) is 1. The second-order valence-corrected chi connectivity index (χ2v) is 8.08. The summed E-state index contributed by atoms with van der Waals surface area (Å²) in [6, 6.07) is 12.3. The Balaban J connectivity index is 2.01. The van der Waals surface area contributed by atoms with Gasteiger partial charge in [0.25, 0.3) is 0 Å². The summed E-state index contributed by atoms with van der Waals surface area (Å²) < 4.78 is 18.5. The maximum absolute atomic E-state index is 13.4. The Hall–Kier alpha value is -3.46. The number of carboxylic acids is 1. The van der Waals surface area contributed by atoms with Gasteiger partial charge in [0.15, 0.2) is 6.10 Å². The van der Waals surface area contributed by atoms with Crippen molar-refractivity contribution >= 4 is 18.0 Å². The minimum Gasteiger partial charge on any atom is -0.480 e. The van der Waals surface area contributed by atoms with E-state index >= 15 is 0 Å². The summed E-state index contributed by atoms with van der Waals surface area (Å²) in [7, 11) is 0. The first-order chi connectivity index (χ1) is 15.7. The molecule has 0 aliphatic carbocycles. The largest absolute Gasteiger partial charge is 0.480 e. The lowest BCUT2D eigenvalue weighted by Crippen LogP contribution is -2.52. The van der Waals surface area contributed by atoms with E-state index < -0.39 is 35.9 Å². The van der Waals surface area contributed by atoms with Crippen LogP contribution in [0.4, 0.5) is 9.18 Å². The first-order valence-corrected chi connectivity index (χ1v) is 10.6. The Morgan fingerprint density at radius 3 is 2.30 bits per heavy atom. The summed E-state index contributed by atoms with van der Waals surface area (Å²) in [5.74, 6) is -2.72. The van der Waals surface area contributed by atoms with Crippen molar-refractivity contribution in [3.63, 3.8) is 0 Å². The number of hydrogen-bond donors (Lipinski definition) is 3. The van der Waals surface area contributed by atoms with Crippen molar-refractivity contribution in [2.45, 2.75) is 39.0 Å². The fourth-order valence-electron chi connectivity index (χ4n) is 3.13. The van der Waals surface area contributed by atoms with E-state index in [1.54, 1.807) is 30.3 Å². The summed E-state index contributed by atoms with van der Waals surface area (Å²) in [4.78, 5) is 37.8. The molecule has 0 spiro atoms. The molecule has 178 valence electrons. The van der Waals surface area contributed by atoms with Gasteiger partial charge in [-0.2, -0.15) is 0 Å². The Morgan fingerprint density at radius 1 is 1.03 bits per heavy atom. The molecule has 0 aliphatic heterocycles. The van der Waals surface area contributed by atoms with E-state index in [1.165, 1.54) is 23.1 Å². The normalized spacial score (nSPS) is 12.6. The number of rotatable bonds is 11. The van der Waals surface area contributed by atoms with E-state index in [-0.39, 0.29) is 32.0 Å². The topological polar surface area (TPSA) is 116 Å². The first-order valence-electron chi connectivity index (χ1n) is 10.6. The number of carbonyl (C=O) groups is 3. The molecule has 0 fully saturated rings. The molecule has 0 heterocycles. The van der Waals surface area contributed by atoms with Gasteiger partial charge >= 0.3 is 18.0 Å². The van der Waals surface area contributed by atoms with Crippen LogP contribution >= 0.6 is 0 Å². The lowest BCUT2D eigenvalue weighted by molar-refractivity contribution is -0.155. The number of hydrogen-bond acceptors (Lipinski definition) is 5. The summed E-state index contributed by atoms with van der Waals surface area (Å²) in [6.07, 6.45) is -1.74. The average molecular weight is 461 g/mol. The van der Waals surface area contributed by atoms with Gasteiger partial charge in [-0.05, 0) is 29.2 Å². The van der Waals surface area contributed by atoms with E-state index in [0.29, 0.717) is 5.56 Å². The minimum absolute atomic E-state index is 0.0187. The third-order valence-electron chi connectivity index (χ3n) is 4.69. The van der Waals surface area contributed by atoms with E-state index in [0.717, 1.165) is 5.56 Å². The molecule has 0 bridgehead atoms. The van der Waals surface area contributed by atoms with Crippen LogP contribution in [0.25, 0.3) is 0 Å². The summed E-state index contributed by atoms with van der Waals surface area (Å²) in [5.41, 5.74) is 1.15. The number of esters is 1. The van der Waals surface area contributed by atoms with Crippen LogP contribution in [0, 0.1) is 11.7 Å². The second kappa shape index (κ2) is 12.5. The number of nitrogens with zero attached hydrogens (tertiary/aromatic N) is 1. The summed E-state index contributed by atoms with van der Waals surface area (Å²) in [5, 5.41) is 22.2. The SMILES string of the molecule is CC(C)CN(C[C@H](O)C(=O)OCc1ccccc1)C(=O)N[C@@H](Cc1cccc(F)c1)C(=O)O. The second-order valence-electron chi connectivity index (χ2n) is 8.08. The predicted molar refractivity (Wildman–Crippen MR) is 119 cm³/mol. The molecule has 0 aromatic heterocycles. The number of carbonyl (C=O) groups excluding carboxylic acids is 2. The fraction of sp³-hybridized carbons (Fsp3) is 0.375. The highest BCUT2D eigenvalue weighted by Crippen LogP contribution is 2.09. The number of aliphatic hydroxyl groups excluding tert-OH is 1. The maximum atomic E-state index is 13.4. The molecule has 33 heavy (non-hydrogen) atoms. The van der Waals surface area contributed by atoms with Gasteiger partial charge in [0.05, 0.1) is 6.54 Å². The molecule has 0 aliphatic rings. The molecule has 2 aromatic rings. The van der Waals surface area contributed by atoms with Crippen molar-refractivity contribution in [1.29, 1.82) is 0 Å². The molecule has 2 aromatic carbocycles. The predicted octanol–water partition coefficient (Wildman–Crippen LogP) is 2.59. The summed E-state index contributed by atoms with van der Waals surface area (Å²) in [6.45, 7) is 3.44. The number of amides is 2. The van der Waals surface area contributed by atoms with Crippen molar-refractivity contribution in [2.75, 3.05) is 13.1 Å². The van der Waals surface area contributed by atoms with E-state index in [9.17, 15) is 29.0 Å². The van der Waals surface area contributed by atoms with Gasteiger partial charge in [-0.25, -0.2) is 18.8 Å². The minimum atomic E-state index is -1.61. The van der Waals surface area contributed by atoms with E-state index in [2.05, 4.69) is 5.32 Å². The van der Waals surface area contributed by atoms with Crippen LogP contribution < -0.4 is 5.32 Å². The van der Waals surface area contributed by atoms with Gasteiger partial charge in [-0.15, -0.1) is 0 Å². The van der Waals surface area contributed by atoms with Crippen molar-refractivity contribution in [1.82, 2.24) is 10.2 Å². The highest BCUT2D eigenvalue weighted by Gasteiger charge is 2.28. The number of aliphatic carboxylic acids is 1. The molecule has 0 saturated heterocycles. The van der Waals surface area contributed by atoms with Crippen LogP contribution in [-0.4, -0.2) is 58.3 Å². The highest BCUT2D eigenvalue weighted by molar-refractivity contribution is 5.83. The number of ether oxygens (including phenoxy) is 1. The van der Waals surface area contributed by atoms with Gasteiger partial charge in [0.1, 0.15) is 18.5 Å². The van der Waals surface area contributed by atoms with Gasteiger partial charge in [0, 0.05) is 13.0 Å². The molecule has 8 nitrogen and oxygen atoms in total. The number of aliphatic hydroxyl groups is 1. The van der Waals surface area contributed by atoms with Crippen LogP contribution in [-0.2, 0) is 27.4 Å². The molecule has 0 unspecified atom stereocenters. The van der Waals surface area contributed by atoms with Gasteiger partial charge in [-0.1, -0.05) is 56.3 Å². The van der Waals surface area contributed by atoms with Crippen molar-refractivity contribution in [2.24, 2.45) is 5.92 Å². The Labute approximate surface area is 192 Å². The Morgan fingerprint density at radius 2 is 1.70 bits per heavy atom. The van der Waals surface area contributed by atoms with Crippen molar-refractivity contribution in [3.05, 3.63) is 71.5 Å². The van der Waals surface area contributed by atoms with Gasteiger partial charge in [-0.3, -0.25) is 0 Å². The van der Waals surface area contributed by atoms with Gasteiger partial charge in [0.2, 0.25) is 0 Å². The molecular formula is C24H29FN2O6. The fourth-order valence-corrected chi connectivity index (χ4v) is 3.13. The first kappa shape index (κ1) is 25.8. The number of halogens is 1. The number of carboxylic acid groups (broad SMARTS) is 1. The molecule has 0 radical (unpaired) electrons. The maximum Gasteiger partial charge on any atom is 0.337 e. The quantitative estimate of drug-likeness (QED) is 0.444. The number of urea groups is 1. The lowest BCUT2D eigenvalue weighted by atomic mass is 10.1.